The maximum atomic E-state index is 13.5. The van der Waals surface area contributed by atoms with Crippen LogP contribution >= 0.6 is 0 Å². The van der Waals surface area contributed by atoms with Gasteiger partial charge in [0.25, 0.3) is 5.91 Å². The Kier molecular flexibility index (Phi) is 5.03. The molecule has 0 radical (unpaired) electrons. The molecule has 1 amide bonds. The minimum Gasteiger partial charge on any atom is -0.321 e. The van der Waals surface area contributed by atoms with Gasteiger partial charge < -0.3 is 5.32 Å². The summed E-state index contributed by atoms with van der Waals surface area (Å²) in [6, 6.07) is 7.33. The maximum absolute atomic E-state index is 13.5. The molecule has 2 aromatic carbocycles. The predicted octanol–water partition coefficient (Wildman–Crippen LogP) is 4.70. The molecule has 0 unspecified atom stereocenters. The second-order valence-corrected chi connectivity index (χ2v) is 5.71. The monoisotopic (exact) mass is 418 g/mol. The number of nitrogens with zero attached hydrogens (tertiary/aromatic N) is 3. The maximum Gasteiger partial charge on any atom is 0.435 e. The zero-order valence-electron chi connectivity index (χ0n) is 14.0. The van der Waals surface area contributed by atoms with Crippen molar-refractivity contribution in [1.29, 1.82) is 0 Å². The van der Waals surface area contributed by atoms with Crippen LogP contribution in [0.5, 0.6) is 0 Å². The second-order valence-electron chi connectivity index (χ2n) is 5.71. The largest absolute Gasteiger partial charge is 0.435 e. The molecule has 0 atom stereocenters. The highest BCUT2D eigenvalue weighted by atomic mass is 19.4. The minimum absolute atomic E-state index is 0.226. The fraction of sp³-hybridized carbons (Fsp3) is 0.118. The first-order valence-corrected chi connectivity index (χ1v) is 7.74. The normalized spacial score (nSPS) is 12.1. The first-order valence-electron chi connectivity index (χ1n) is 7.74. The first kappa shape index (κ1) is 20.3. The van der Waals surface area contributed by atoms with Gasteiger partial charge in [0.05, 0.1) is 11.3 Å². The summed E-state index contributed by atoms with van der Waals surface area (Å²) in [5.74, 6) is -2.28. The number of benzene rings is 2. The van der Waals surface area contributed by atoms with E-state index in [4.69, 9.17) is 0 Å². The third kappa shape index (κ3) is 4.36. The number of hydrogen-bond donors (Lipinski definition) is 1. The summed E-state index contributed by atoms with van der Waals surface area (Å²) in [6.07, 6.45) is -9.82. The second kappa shape index (κ2) is 7.18. The van der Waals surface area contributed by atoms with Crippen LogP contribution in [0.4, 0.5) is 36.4 Å². The molecule has 152 valence electrons. The standard InChI is InChI=1S/C17H9F7N4O/c18-10-4-2-6-12(8-10)28-14(17(22,23)24)13(26-27-28)15(29)25-11-5-1-3-9(7-11)16(19,20)21/h1-8H,(H,25,29). The van der Waals surface area contributed by atoms with Gasteiger partial charge in [-0.15, -0.1) is 5.10 Å². The summed E-state index contributed by atoms with van der Waals surface area (Å²) in [6.45, 7) is 0. The molecule has 29 heavy (non-hydrogen) atoms. The van der Waals surface area contributed by atoms with Gasteiger partial charge in [-0.1, -0.05) is 17.3 Å². The molecule has 0 bridgehead atoms. The summed E-state index contributed by atoms with van der Waals surface area (Å²) in [4.78, 5) is 12.3. The molecule has 3 aromatic rings. The van der Waals surface area contributed by atoms with Gasteiger partial charge in [-0.25, -0.2) is 9.07 Å². The van der Waals surface area contributed by atoms with Gasteiger partial charge in [0.15, 0.2) is 11.4 Å². The van der Waals surface area contributed by atoms with Crippen molar-refractivity contribution in [2.45, 2.75) is 12.4 Å². The van der Waals surface area contributed by atoms with Gasteiger partial charge in [-0.05, 0) is 36.4 Å². The van der Waals surface area contributed by atoms with Crippen LogP contribution in [-0.4, -0.2) is 20.9 Å². The zero-order chi connectivity index (χ0) is 21.4. The number of carbonyl (C=O) groups excluding carboxylic acids is 1. The van der Waals surface area contributed by atoms with Crippen molar-refractivity contribution in [3.63, 3.8) is 0 Å². The lowest BCUT2D eigenvalue weighted by Gasteiger charge is -2.12. The van der Waals surface area contributed by atoms with Crippen molar-refractivity contribution in [3.05, 3.63) is 71.3 Å². The Bertz CT molecular complexity index is 1060. The van der Waals surface area contributed by atoms with Crippen molar-refractivity contribution in [1.82, 2.24) is 15.0 Å². The number of carbonyl (C=O) groups is 1. The Labute approximate surface area is 157 Å². The molecule has 0 aliphatic rings. The highest BCUT2D eigenvalue weighted by Gasteiger charge is 2.42. The molecule has 12 heteroatoms. The van der Waals surface area contributed by atoms with Crippen LogP contribution in [0, 0.1) is 5.82 Å². The van der Waals surface area contributed by atoms with E-state index >= 15 is 0 Å². The first-order chi connectivity index (χ1) is 13.5. The van der Waals surface area contributed by atoms with E-state index in [1.54, 1.807) is 0 Å². The molecule has 5 nitrogen and oxygen atoms in total. The van der Waals surface area contributed by atoms with E-state index < -0.39 is 46.7 Å². The van der Waals surface area contributed by atoms with Gasteiger partial charge in [0, 0.05) is 5.69 Å². The highest BCUT2D eigenvalue weighted by Crippen LogP contribution is 2.34. The summed E-state index contributed by atoms with van der Waals surface area (Å²) >= 11 is 0. The van der Waals surface area contributed by atoms with Crippen molar-refractivity contribution in [2.75, 3.05) is 5.32 Å². The van der Waals surface area contributed by atoms with Crippen molar-refractivity contribution in [2.24, 2.45) is 0 Å². The summed E-state index contributed by atoms with van der Waals surface area (Å²) in [7, 11) is 0. The van der Waals surface area contributed by atoms with E-state index in [1.807, 2.05) is 5.32 Å². The number of aromatic nitrogens is 3. The average molecular weight is 418 g/mol. The van der Waals surface area contributed by atoms with Crippen LogP contribution in [0.1, 0.15) is 21.7 Å². The van der Waals surface area contributed by atoms with E-state index in [1.165, 1.54) is 0 Å². The Balaban J connectivity index is 2.00. The molecule has 1 aromatic heterocycles. The number of anilines is 1. The lowest BCUT2D eigenvalue weighted by atomic mass is 10.2. The van der Waals surface area contributed by atoms with Gasteiger partial charge in [0.2, 0.25) is 0 Å². The quantitative estimate of drug-likeness (QED) is 0.628. The third-order valence-corrected chi connectivity index (χ3v) is 3.65. The van der Waals surface area contributed by atoms with Crippen LogP contribution in [-0.2, 0) is 12.4 Å². The van der Waals surface area contributed by atoms with Gasteiger partial charge in [-0.3, -0.25) is 4.79 Å². The lowest BCUT2D eigenvalue weighted by molar-refractivity contribution is -0.143. The average Bonchev–Trinajstić information content (AvgIpc) is 3.07. The van der Waals surface area contributed by atoms with Crippen LogP contribution in [0.3, 0.4) is 0 Å². The smallest absolute Gasteiger partial charge is 0.321 e. The topological polar surface area (TPSA) is 59.8 Å². The number of rotatable bonds is 3. The van der Waals surface area contributed by atoms with Gasteiger partial charge in [-0.2, -0.15) is 26.3 Å². The summed E-state index contributed by atoms with van der Waals surface area (Å²) in [5.41, 5.74) is -4.62. The molecule has 0 saturated heterocycles. The molecule has 0 aliphatic carbocycles. The number of halogens is 7. The van der Waals surface area contributed by atoms with E-state index in [9.17, 15) is 35.5 Å². The SMILES string of the molecule is O=C(Nc1cccc(C(F)(F)F)c1)c1nnn(-c2cccc(F)c2)c1C(F)(F)F. The highest BCUT2D eigenvalue weighted by molar-refractivity contribution is 6.03. The molecule has 0 spiro atoms. The fourth-order valence-corrected chi connectivity index (χ4v) is 2.44. The van der Waals surface area contributed by atoms with Gasteiger partial charge in [0.1, 0.15) is 5.82 Å². The molecule has 0 saturated carbocycles. The van der Waals surface area contributed by atoms with Crippen LogP contribution in [0.2, 0.25) is 0 Å². The van der Waals surface area contributed by atoms with E-state index in [0.717, 1.165) is 42.5 Å². The van der Waals surface area contributed by atoms with Crippen LogP contribution < -0.4 is 5.32 Å². The molecule has 1 heterocycles. The Morgan fingerprint density at radius 1 is 0.931 bits per heavy atom. The predicted molar refractivity (Wildman–Crippen MR) is 85.7 cm³/mol. The molecule has 0 fully saturated rings. The van der Waals surface area contributed by atoms with E-state index in [2.05, 4.69) is 10.3 Å². The molecular formula is C17H9F7N4O. The Morgan fingerprint density at radius 2 is 1.62 bits per heavy atom. The molecular weight excluding hydrogens is 409 g/mol. The molecule has 1 N–H and O–H groups in total. The van der Waals surface area contributed by atoms with Crippen molar-refractivity contribution in [3.8, 4) is 5.69 Å². The number of alkyl halides is 6. The van der Waals surface area contributed by atoms with Crippen molar-refractivity contribution >= 4 is 11.6 Å². The molecule has 0 aliphatic heterocycles. The lowest BCUT2D eigenvalue weighted by Crippen LogP contribution is -2.21. The van der Waals surface area contributed by atoms with Gasteiger partial charge >= 0.3 is 12.4 Å². The minimum atomic E-state index is -5.11. The van der Waals surface area contributed by atoms with Crippen molar-refractivity contribution < 1.29 is 35.5 Å². The fourth-order valence-electron chi connectivity index (χ4n) is 2.44. The number of hydrogen-bond acceptors (Lipinski definition) is 3. The van der Waals surface area contributed by atoms with Crippen LogP contribution in [0.25, 0.3) is 5.69 Å². The number of nitrogens with one attached hydrogen (secondary N) is 1. The summed E-state index contributed by atoms with van der Waals surface area (Å²) in [5, 5.41) is 8.38. The van der Waals surface area contributed by atoms with Crippen LogP contribution in [0.15, 0.2) is 48.5 Å². The Morgan fingerprint density at radius 3 is 2.24 bits per heavy atom. The zero-order valence-corrected chi connectivity index (χ0v) is 14.0. The Hall–Kier alpha value is -3.44. The third-order valence-electron chi connectivity index (χ3n) is 3.65. The van der Waals surface area contributed by atoms with E-state index in [-0.39, 0.29) is 10.4 Å². The summed E-state index contributed by atoms with van der Waals surface area (Å²) < 4.78 is 92.4. The van der Waals surface area contributed by atoms with E-state index in [0.29, 0.717) is 6.07 Å². The number of amides is 1. The molecule has 3 rings (SSSR count).